The van der Waals surface area contributed by atoms with Crippen molar-refractivity contribution < 1.29 is 23.7 Å². The van der Waals surface area contributed by atoms with E-state index in [4.69, 9.17) is 18.9 Å². The Bertz CT molecular complexity index is 1050. The predicted molar refractivity (Wildman–Crippen MR) is 114 cm³/mol. The molecule has 1 aromatic heterocycles. The number of H-pyrrole nitrogens is 1. The van der Waals surface area contributed by atoms with Crippen LogP contribution < -0.4 is 19.5 Å². The second kappa shape index (κ2) is 8.28. The van der Waals surface area contributed by atoms with Crippen LogP contribution in [-0.4, -0.2) is 44.9 Å². The van der Waals surface area contributed by atoms with Gasteiger partial charge < -0.3 is 23.9 Å². The second-order valence-electron chi connectivity index (χ2n) is 7.13. The maximum atomic E-state index is 12.6. The van der Waals surface area contributed by atoms with Crippen LogP contribution in [-0.2, 0) is 16.0 Å². The number of nitrogens with one attached hydrogen (secondary N) is 2. The number of rotatable bonds is 6. The number of methoxy groups -OCH3 is 3. The van der Waals surface area contributed by atoms with Crippen LogP contribution in [0.25, 0.3) is 10.9 Å². The molecule has 0 unspecified atom stereocenters. The molecule has 7 nitrogen and oxygen atoms in total. The largest absolute Gasteiger partial charge is 0.493 e. The van der Waals surface area contributed by atoms with E-state index in [1.807, 2.05) is 37.3 Å². The number of aromatic amines is 1. The molecule has 2 heterocycles. The lowest BCUT2D eigenvalue weighted by atomic mass is 9.90. The SMILES string of the molecule is CCOC(=O)[C@H]1Cc2c([nH]c3ccccc23)[C@H](c2cc(OC)c(OC)c(OC)c2)N1. The number of carbonyl (C=O) groups excluding carboxylic acids is 1. The van der Waals surface area contributed by atoms with Gasteiger partial charge in [-0.3, -0.25) is 10.1 Å². The van der Waals surface area contributed by atoms with Gasteiger partial charge in [-0.05, 0) is 36.2 Å². The Morgan fingerprint density at radius 2 is 1.77 bits per heavy atom. The second-order valence-corrected chi connectivity index (χ2v) is 7.13. The van der Waals surface area contributed by atoms with Gasteiger partial charge in [-0.2, -0.15) is 0 Å². The molecule has 1 aliphatic heterocycles. The molecule has 30 heavy (non-hydrogen) atoms. The molecule has 0 saturated heterocycles. The fraction of sp³-hybridized carbons (Fsp3) is 0.348. The number of hydrogen-bond donors (Lipinski definition) is 2. The van der Waals surface area contributed by atoms with Crippen molar-refractivity contribution in [3.05, 3.63) is 53.2 Å². The Kier molecular flexibility index (Phi) is 5.55. The predicted octanol–water partition coefficient (Wildman–Crippen LogP) is 3.36. The van der Waals surface area contributed by atoms with E-state index < -0.39 is 6.04 Å². The Labute approximate surface area is 175 Å². The zero-order valence-electron chi connectivity index (χ0n) is 17.6. The highest BCUT2D eigenvalue weighted by Gasteiger charge is 2.35. The summed E-state index contributed by atoms with van der Waals surface area (Å²) in [6.45, 7) is 2.15. The minimum Gasteiger partial charge on any atom is -0.493 e. The highest BCUT2D eigenvalue weighted by molar-refractivity contribution is 5.87. The van der Waals surface area contributed by atoms with E-state index in [1.165, 1.54) is 0 Å². The van der Waals surface area contributed by atoms with Crippen molar-refractivity contribution in [1.29, 1.82) is 0 Å². The lowest BCUT2D eigenvalue weighted by Crippen LogP contribution is -2.45. The molecule has 2 aromatic carbocycles. The van der Waals surface area contributed by atoms with Gasteiger partial charge in [0.15, 0.2) is 11.5 Å². The van der Waals surface area contributed by atoms with E-state index >= 15 is 0 Å². The number of benzene rings is 2. The van der Waals surface area contributed by atoms with Crippen LogP contribution >= 0.6 is 0 Å². The van der Waals surface area contributed by atoms with Gasteiger partial charge in [0.2, 0.25) is 5.75 Å². The maximum Gasteiger partial charge on any atom is 0.323 e. The number of hydrogen-bond acceptors (Lipinski definition) is 6. The molecular weight excluding hydrogens is 384 g/mol. The molecule has 0 bridgehead atoms. The fourth-order valence-electron chi connectivity index (χ4n) is 4.16. The third-order valence-corrected chi connectivity index (χ3v) is 5.50. The number of carbonyl (C=O) groups is 1. The molecule has 2 N–H and O–H groups in total. The van der Waals surface area contributed by atoms with Crippen molar-refractivity contribution >= 4 is 16.9 Å². The summed E-state index contributed by atoms with van der Waals surface area (Å²) in [4.78, 5) is 16.2. The first kappa shape index (κ1) is 20.1. The first-order valence-electron chi connectivity index (χ1n) is 9.93. The van der Waals surface area contributed by atoms with Crippen molar-refractivity contribution in [2.24, 2.45) is 0 Å². The van der Waals surface area contributed by atoms with Crippen molar-refractivity contribution in [2.75, 3.05) is 27.9 Å². The highest BCUT2D eigenvalue weighted by Crippen LogP contribution is 2.43. The van der Waals surface area contributed by atoms with Gasteiger partial charge in [-0.15, -0.1) is 0 Å². The van der Waals surface area contributed by atoms with Gasteiger partial charge >= 0.3 is 5.97 Å². The minimum absolute atomic E-state index is 0.258. The maximum absolute atomic E-state index is 12.6. The molecule has 158 valence electrons. The molecule has 0 aliphatic carbocycles. The van der Waals surface area contributed by atoms with Gasteiger partial charge in [0, 0.05) is 23.0 Å². The van der Waals surface area contributed by atoms with Crippen molar-refractivity contribution in [1.82, 2.24) is 10.3 Å². The Morgan fingerprint density at radius 3 is 2.40 bits per heavy atom. The molecule has 0 fully saturated rings. The van der Waals surface area contributed by atoms with Gasteiger partial charge in [-0.25, -0.2) is 0 Å². The van der Waals surface area contributed by atoms with Crippen LogP contribution in [0, 0.1) is 0 Å². The summed E-state index contributed by atoms with van der Waals surface area (Å²) in [5.74, 6) is 1.39. The number of aromatic nitrogens is 1. The monoisotopic (exact) mass is 410 g/mol. The summed E-state index contributed by atoms with van der Waals surface area (Å²) in [5.41, 5.74) is 4.06. The van der Waals surface area contributed by atoms with E-state index in [0.29, 0.717) is 30.3 Å². The molecule has 3 aromatic rings. The molecular formula is C23H26N2O5. The first-order chi connectivity index (χ1) is 14.6. The third-order valence-electron chi connectivity index (χ3n) is 5.50. The zero-order valence-corrected chi connectivity index (χ0v) is 17.6. The first-order valence-corrected chi connectivity index (χ1v) is 9.93. The fourth-order valence-corrected chi connectivity index (χ4v) is 4.16. The number of para-hydroxylation sites is 1. The number of esters is 1. The van der Waals surface area contributed by atoms with Crippen LogP contribution in [0.15, 0.2) is 36.4 Å². The Hall–Kier alpha value is -3.19. The minimum atomic E-state index is -0.458. The van der Waals surface area contributed by atoms with Crippen molar-refractivity contribution in [2.45, 2.75) is 25.4 Å². The third kappa shape index (κ3) is 3.35. The highest BCUT2D eigenvalue weighted by atomic mass is 16.5. The molecule has 0 spiro atoms. The van der Waals surface area contributed by atoms with Crippen LogP contribution in [0.3, 0.4) is 0 Å². The normalized spacial score (nSPS) is 18.0. The van der Waals surface area contributed by atoms with E-state index in [0.717, 1.165) is 27.7 Å². The molecule has 0 radical (unpaired) electrons. The van der Waals surface area contributed by atoms with E-state index in [9.17, 15) is 4.79 Å². The summed E-state index contributed by atoms with van der Waals surface area (Å²) in [6.07, 6.45) is 0.555. The summed E-state index contributed by atoms with van der Waals surface area (Å²) >= 11 is 0. The van der Waals surface area contributed by atoms with Crippen LogP contribution in [0.4, 0.5) is 0 Å². The summed E-state index contributed by atoms with van der Waals surface area (Å²) in [5, 5.41) is 4.57. The van der Waals surface area contributed by atoms with E-state index in [2.05, 4.69) is 16.4 Å². The number of fused-ring (bicyclic) bond motifs is 3. The summed E-state index contributed by atoms with van der Waals surface area (Å²) in [6, 6.07) is 11.2. The smallest absolute Gasteiger partial charge is 0.323 e. The topological polar surface area (TPSA) is 81.8 Å². The summed E-state index contributed by atoms with van der Waals surface area (Å²) < 4.78 is 21.8. The van der Waals surface area contributed by atoms with Crippen LogP contribution in [0.1, 0.15) is 29.8 Å². The van der Waals surface area contributed by atoms with Gasteiger partial charge in [-0.1, -0.05) is 18.2 Å². The summed E-state index contributed by atoms with van der Waals surface area (Å²) in [7, 11) is 4.75. The van der Waals surface area contributed by atoms with Gasteiger partial charge in [0.25, 0.3) is 0 Å². The molecule has 4 rings (SSSR count). The van der Waals surface area contributed by atoms with E-state index in [-0.39, 0.29) is 12.0 Å². The Morgan fingerprint density at radius 1 is 1.07 bits per heavy atom. The molecule has 7 heteroatoms. The lowest BCUT2D eigenvalue weighted by molar-refractivity contribution is -0.146. The molecule has 2 atom stereocenters. The number of ether oxygens (including phenoxy) is 4. The Balaban J connectivity index is 1.87. The molecule has 1 aliphatic rings. The molecule has 0 saturated carbocycles. The zero-order chi connectivity index (χ0) is 21.3. The molecule has 0 amide bonds. The van der Waals surface area contributed by atoms with Crippen LogP contribution in [0.2, 0.25) is 0 Å². The van der Waals surface area contributed by atoms with Crippen LogP contribution in [0.5, 0.6) is 17.2 Å². The standard InChI is InChI=1S/C23H26N2O5/c1-5-30-23(26)17-12-15-14-8-6-7-9-16(14)24-21(15)20(25-17)13-10-18(27-2)22(29-4)19(11-13)28-3/h6-11,17,20,24-25H,5,12H2,1-4H3/t17-,20+/m1/s1. The van der Waals surface area contributed by atoms with Gasteiger partial charge in [0.05, 0.1) is 34.0 Å². The quantitative estimate of drug-likeness (QED) is 0.607. The average Bonchev–Trinajstić information content (AvgIpc) is 3.16. The van der Waals surface area contributed by atoms with E-state index in [1.54, 1.807) is 21.3 Å². The average molecular weight is 410 g/mol. The lowest BCUT2D eigenvalue weighted by Gasteiger charge is -2.31. The van der Waals surface area contributed by atoms with Gasteiger partial charge in [0.1, 0.15) is 6.04 Å². The van der Waals surface area contributed by atoms with Crippen molar-refractivity contribution in [3.63, 3.8) is 0 Å². The van der Waals surface area contributed by atoms with Crippen molar-refractivity contribution in [3.8, 4) is 17.2 Å².